The van der Waals surface area contributed by atoms with Crippen molar-refractivity contribution in [1.82, 2.24) is 0 Å². The first-order valence-corrected chi connectivity index (χ1v) is 17.8. The van der Waals surface area contributed by atoms with Crippen molar-refractivity contribution in [3.05, 3.63) is 187 Å². The molecule has 0 aromatic heterocycles. The Labute approximate surface area is 299 Å². The molecule has 1 aliphatic carbocycles. The van der Waals surface area contributed by atoms with Crippen LogP contribution in [0, 0.1) is 0 Å². The van der Waals surface area contributed by atoms with Crippen molar-refractivity contribution in [2.45, 2.75) is 37.0 Å². The molecule has 0 radical (unpaired) electrons. The molecular formula is C48H40O3. The molecule has 0 amide bonds. The normalized spacial score (nSPS) is 14.3. The molecule has 0 spiro atoms. The molecule has 0 bridgehead atoms. The molecule has 0 heterocycles. The quantitative estimate of drug-likeness (QED) is 0.159. The van der Waals surface area contributed by atoms with Crippen molar-refractivity contribution in [3.63, 3.8) is 0 Å². The molecule has 7 aromatic rings. The highest BCUT2D eigenvalue weighted by Crippen LogP contribution is 2.54. The van der Waals surface area contributed by atoms with Gasteiger partial charge in [-0.25, -0.2) is 0 Å². The fourth-order valence-electron chi connectivity index (χ4n) is 8.11. The Morgan fingerprint density at radius 2 is 0.706 bits per heavy atom. The number of hydrogen-bond donors (Lipinski definition) is 3. The Bertz CT molecular complexity index is 2000. The molecule has 1 aliphatic rings. The SMILES string of the molecule is Oc1ccc(C2CCC(c3cc(-c4ccccc4)c(O)c(-c4ccccc4)c3)(c3cc(-c4ccccc4)c(O)c(-c4ccccc4)c3)CC2)cc1. The lowest BCUT2D eigenvalue weighted by Crippen LogP contribution is -2.33. The van der Waals surface area contributed by atoms with E-state index in [1.54, 1.807) is 12.1 Å². The summed E-state index contributed by atoms with van der Waals surface area (Å²) in [6.07, 6.45) is 3.60. The molecule has 3 heteroatoms. The summed E-state index contributed by atoms with van der Waals surface area (Å²) in [5.41, 5.74) is 10.1. The maximum Gasteiger partial charge on any atom is 0.131 e. The van der Waals surface area contributed by atoms with Crippen LogP contribution < -0.4 is 0 Å². The van der Waals surface area contributed by atoms with Crippen molar-refractivity contribution in [1.29, 1.82) is 0 Å². The third-order valence-electron chi connectivity index (χ3n) is 10.9. The van der Waals surface area contributed by atoms with Crippen molar-refractivity contribution >= 4 is 0 Å². The number of phenols is 3. The second-order valence-electron chi connectivity index (χ2n) is 13.8. The fraction of sp³-hybridized carbons (Fsp3) is 0.125. The van der Waals surface area contributed by atoms with Crippen LogP contribution >= 0.6 is 0 Å². The van der Waals surface area contributed by atoms with E-state index in [2.05, 4.69) is 84.9 Å². The first kappa shape index (κ1) is 32.2. The molecule has 0 atom stereocenters. The minimum atomic E-state index is -0.436. The molecule has 51 heavy (non-hydrogen) atoms. The van der Waals surface area contributed by atoms with Gasteiger partial charge in [-0.2, -0.15) is 0 Å². The monoisotopic (exact) mass is 664 g/mol. The number of benzene rings is 7. The summed E-state index contributed by atoms with van der Waals surface area (Å²) >= 11 is 0. The van der Waals surface area contributed by atoms with Gasteiger partial charge in [0.15, 0.2) is 0 Å². The van der Waals surface area contributed by atoms with Gasteiger partial charge < -0.3 is 15.3 Å². The average molecular weight is 665 g/mol. The predicted octanol–water partition coefficient (Wildman–Crippen LogP) is 12.1. The van der Waals surface area contributed by atoms with Gasteiger partial charge in [0.25, 0.3) is 0 Å². The maximum absolute atomic E-state index is 12.0. The van der Waals surface area contributed by atoms with E-state index in [0.717, 1.165) is 81.3 Å². The van der Waals surface area contributed by atoms with Crippen molar-refractivity contribution < 1.29 is 15.3 Å². The zero-order chi connectivity index (χ0) is 34.8. The second-order valence-corrected chi connectivity index (χ2v) is 13.8. The van der Waals surface area contributed by atoms with Crippen molar-refractivity contribution in [2.24, 2.45) is 0 Å². The molecule has 0 aliphatic heterocycles. The molecule has 3 nitrogen and oxygen atoms in total. The lowest BCUT2D eigenvalue weighted by molar-refractivity contribution is 0.314. The molecule has 8 rings (SSSR count). The second kappa shape index (κ2) is 13.7. The van der Waals surface area contributed by atoms with Gasteiger partial charge in [-0.15, -0.1) is 0 Å². The highest BCUT2D eigenvalue weighted by atomic mass is 16.3. The molecule has 3 N–H and O–H groups in total. The van der Waals surface area contributed by atoms with Gasteiger partial charge in [0, 0.05) is 27.7 Å². The van der Waals surface area contributed by atoms with E-state index in [4.69, 9.17) is 0 Å². The summed E-state index contributed by atoms with van der Waals surface area (Å²) in [5.74, 6) is 1.16. The topological polar surface area (TPSA) is 60.7 Å². The number of hydrogen-bond acceptors (Lipinski definition) is 3. The summed E-state index contributed by atoms with van der Waals surface area (Å²) in [6.45, 7) is 0. The van der Waals surface area contributed by atoms with Crippen LogP contribution in [0.15, 0.2) is 170 Å². The summed E-state index contributed by atoms with van der Waals surface area (Å²) in [5, 5.41) is 33.9. The zero-order valence-corrected chi connectivity index (χ0v) is 28.4. The number of phenolic OH excluding ortho intramolecular Hbond substituents is 3. The van der Waals surface area contributed by atoms with Crippen LogP contribution in [0.1, 0.15) is 48.3 Å². The first-order chi connectivity index (χ1) is 25.0. The van der Waals surface area contributed by atoms with Gasteiger partial charge in [-0.05, 0) is 107 Å². The number of rotatable bonds is 7. The molecule has 0 unspecified atom stereocenters. The minimum Gasteiger partial charge on any atom is -0.508 e. The van der Waals surface area contributed by atoms with E-state index in [0.29, 0.717) is 5.92 Å². The minimum absolute atomic E-state index is 0.268. The van der Waals surface area contributed by atoms with Crippen LogP contribution in [-0.2, 0) is 5.41 Å². The Hall–Kier alpha value is -6.06. The Morgan fingerprint density at radius 3 is 1.02 bits per heavy atom. The van der Waals surface area contributed by atoms with Gasteiger partial charge in [-0.1, -0.05) is 133 Å². The average Bonchev–Trinajstić information content (AvgIpc) is 3.20. The number of aromatic hydroxyl groups is 3. The van der Waals surface area contributed by atoms with Gasteiger partial charge in [0.05, 0.1) is 0 Å². The van der Waals surface area contributed by atoms with E-state index in [9.17, 15) is 15.3 Å². The van der Waals surface area contributed by atoms with Crippen LogP contribution in [0.4, 0.5) is 0 Å². The third kappa shape index (κ3) is 6.17. The van der Waals surface area contributed by atoms with Crippen LogP contribution in [0.25, 0.3) is 44.5 Å². The van der Waals surface area contributed by atoms with Gasteiger partial charge in [0.1, 0.15) is 17.2 Å². The molecule has 1 saturated carbocycles. The lowest BCUT2D eigenvalue weighted by Gasteiger charge is -2.42. The van der Waals surface area contributed by atoms with E-state index >= 15 is 0 Å². The van der Waals surface area contributed by atoms with Crippen molar-refractivity contribution in [2.75, 3.05) is 0 Å². The predicted molar refractivity (Wildman–Crippen MR) is 208 cm³/mol. The van der Waals surface area contributed by atoms with Crippen LogP contribution in [-0.4, -0.2) is 15.3 Å². The van der Waals surface area contributed by atoms with Crippen LogP contribution in [0.3, 0.4) is 0 Å². The van der Waals surface area contributed by atoms with Gasteiger partial charge >= 0.3 is 0 Å². The maximum atomic E-state index is 12.0. The van der Waals surface area contributed by atoms with E-state index in [-0.39, 0.29) is 17.2 Å². The van der Waals surface area contributed by atoms with E-state index in [1.807, 2.05) is 72.8 Å². The first-order valence-electron chi connectivity index (χ1n) is 17.8. The smallest absolute Gasteiger partial charge is 0.131 e. The van der Waals surface area contributed by atoms with E-state index < -0.39 is 5.41 Å². The van der Waals surface area contributed by atoms with Gasteiger partial charge in [-0.3, -0.25) is 0 Å². The largest absolute Gasteiger partial charge is 0.508 e. The molecule has 250 valence electrons. The van der Waals surface area contributed by atoms with Gasteiger partial charge in [0.2, 0.25) is 0 Å². The summed E-state index contributed by atoms with van der Waals surface area (Å²) in [4.78, 5) is 0. The third-order valence-corrected chi connectivity index (χ3v) is 10.9. The molecule has 7 aromatic carbocycles. The molecular weight excluding hydrogens is 625 g/mol. The summed E-state index contributed by atoms with van der Waals surface area (Å²) in [6, 6.07) is 57.1. The molecule has 1 fully saturated rings. The molecule has 0 saturated heterocycles. The zero-order valence-electron chi connectivity index (χ0n) is 28.4. The Balaban J connectivity index is 1.39. The highest BCUT2D eigenvalue weighted by molar-refractivity contribution is 5.86. The Morgan fingerprint density at radius 1 is 0.392 bits per heavy atom. The van der Waals surface area contributed by atoms with Crippen LogP contribution in [0.2, 0.25) is 0 Å². The fourth-order valence-corrected chi connectivity index (χ4v) is 8.11. The summed E-state index contributed by atoms with van der Waals surface area (Å²) < 4.78 is 0. The van der Waals surface area contributed by atoms with Crippen LogP contribution in [0.5, 0.6) is 17.2 Å². The highest BCUT2D eigenvalue weighted by Gasteiger charge is 2.41. The van der Waals surface area contributed by atoms with Crippen molar-refractivity contribution in [3.8, 4) is 61.8 Å². The standard InChI is InChI=1S/C48H40O3/c49-41-23-21-33(22-24-41)34-25-27-48(28-26-34,39-29-42(35-13-5-1-6-14-35)46(50)43(30-39)36-15-7-2-8-16-36)40-31-44(37-17-9-3-10-18-37)47(51)45(32-40)38-19-11-4-12-20-38/h1-24,29-32,34,49-51H,25-28H2. The summed E-state index contributed by atoms with van der Waals surface area (Å²) in [7, 11) is 0. The lowest BCUT2D eigenvalue weighted by atomic mass is 9.61. The Kier molecular flexibility index (Phi) is 8.63. The van der Waals surface area contributed by atoms with E-state index in [1.165, 1.54) is 5.56 Å².